The minimum Gasteiger partial charge on any atom is -0.380 e. The average Bonchev–Trinajstić information content (AvgIpc) is 2.59. The summed E-state index contributed by atoms with van der Waals surface area (Å²) in [5.41, 5.74) is 3.44. The predicted molar refractivity (Wildman–Crippen MR) is 109 cm³/mol. The lowest BCUT2D eigenvalue weighted by Gasteiger charge is -2.12. The van der Waals surface area contributed by atoms with Gasteiger partial charge in [-0.2, -0.15) is 0 Å². The molecule has 2 rings (SSSR count). The Balaban J connectivity index is 0.00000288. The molecule has 0 aliphatic carbocycles. The largest absolute Gasteiger partial charge is 0.380 e. The first-order chi connectivity index (χ1) is 11.3. The summed E-state index contributed by atoms with van der Waals surface area (Å²) in [6, 6.07) is 14.3. The van der Waals surface area contributed by atoms with Gasteiger partial charge in [0, 0.05) is 45.6 Å². The van der Waals surface area contributed by atoms with E-state index in [2.05, 4.69) is 38.8 Å². The number of ether oxygens (including phenoxy) is 1. The molecule has 6 heteroatoms. The molecule has 2 N–H and O–H groups in total. The zero-order valence-corrected chi connectivity index (χ0v) is 16.5. The van der Waals surface area contributed by atoms with Gasteiger partial charge < -0.3 is 15.4 Å². The average molecular weight is 440 g/mol. The van der Waals surface area contributed by atoms with E-state index in [0.717, 1.165) is 31.2 Å². The topological polar surface area (TPSA) is 58.5 Å². The molecular formula is C18H25IN4O. The van der Waals surface area contributed by atoms with Crippen LogP contribution in [0.2, 0.25) is 0 Å². The normalized spacial score (nSPS) is 10.8. The number of aliphatic imine (C=N–C) groups is 1. The third kappa shape index (κ3) is 7.27. The number of hydrogen-bond acceptors (Lipinski definition) is 3. The van der Waals surface area contributed by atoms with Gasteiger partial charge in [0.15, 0.2) is 5.96 Å². The van der Waals surface area contributed by atoms with Gasteiger partial charge in [-0.25, -0.2) is 0 Å². The van der Waals surface area contributed by atoms with Gasteiger partial charge in [0.2, 0.25) is 0 Å². The number of benzene rings is 1. The molecular weight excluding hydrogens is 415 g/mol. The second-order valence-corrected chi connectivity index (χ2v) is 5.18. The van der Waals surface area contributed by atoms with Crippen LogP contribution in [0.25, 0.3) is 0 Å². The first kappa shape index (κ1) is 20.4. The van der Waals surface area contributed by atoms with Crippen LogP contribution in [0.4, 0.5) is 0 Å². The number of nitrogens with one attached hydrogen (secondary N) is 2. The Morgan fingerprint density at radius 3 is 2.67 bits per heavy atom. The van der Waals surface area contributed by atoms with Gasteiger partial charge in [-0.3, -0.25) is 9.98 Å². The van der Waals surface area contributed by atoms with E-state index in [9.17, 15) is 0 Å². The molecule has 130 valence electrons. The van der Waals surface area contributed by atoms with Gasteiger partial charge >= 0.3 is 0 Å². The van der Waals surface area contributed by atoms with E-state index in [1.54, 1.807) is 14.2 Å². The first-order valence-corrected chi connectivity index (χ1v) is 7.73. The molecule has 1 aromatic carbocycles. The molecule has 1 heterocycles. The summed E-state index contributed by atoms with van der Waals surface area (Å²) in [5.74, 6) is 0.790. The second kappa shape index (κ2) is 11.8. The van der Waals surface area contributed by atoms with Crippen molar-refractivity contribution in [2.45, 2.75) is 19.6 Å². The Morgan fingerprint density at radius 2 is 1.96 bits per heavy atom. The number of guanidine groups is 1. The van der Waals surface area contributed by atoms with Crippen molar-refractivity contribution in [3.05, 3.63) is 65.5 Å². The highest BCUT2D eigenvalue weighted by atomic mass is 127. The summed E-state index contributed by atoms with van der Waals surface area (Å²) in [7, 11) is 3.48. The van der Waals surface area contributed by atoms with Crippen LogP contribution in [0, 0.1) is 0 Å². The highest BCUT2D eigenvalue weighted by Gasteiger charge is 2.00. The van der Waals surface area contributed by atoms with Crippen molar-refractivity contribution < 1.29 is 4.74 Å². The minimum atomic E-state index is 0. The van der Waals surface area contributed by atoms with Crippen molar-refractivity contribution in [2.24, 2.45) is 4.99 Å². The van der Waals surface area contributed by atoms with Crippen LogP contribution in [0.3, 0.4) is 0 Å². The van der Waals surface area contributed by atoms with Crippen molar-refractivity contribution in [2.75, 3.05) is 20.7 Å². The fourth-order valence-corrected chi connectivity index (χ4v) is 2.26. The number of halogens is 1. The zero-order valence-electron chi connectivity index (χ0n) is 14.2. The van der Waals surface area contributed by atoms with Crippen molar-refractivity contribution >= 4 is 29.9 Å². The van der Waals surface area contributed by atoms with Crippen molar-refractivity contribution in [3.8, 4) is 0 Å². The summed E-state index contributed by atoms with van der Waals surface area (Å²) < 4.78 is 5.16. The summed E-state index contributed by atoms with van der Waals surface area (Å²) in [6.07, 6.45) is 2.68. The monoisotopic (exact) mass is 440 g/mol. The molecule has 0 aliphatic heterocycles. The molecule has 0 saturated carbocycles. The Kier molecular flexibility index (Phi) is 10.0. The number of hydrogen-bond donors (Lipinski definition) is 2. The van der Waals surface area contributed by atoms with Crippen LogP contribution >= 0.6 is 24.0 Å². The molecule has 0 spiro atoms. The summed E-state index contributed by atoms with van der Waals surface area (Å²) in [6.45, 7) is 2.14. The molecule has 0 bridgehead atoms. The Hall–Kier alpha value is -1.67. The molecule has 0 atom stereocenters. The molecule has 0 unspecified atom stereocenters. The van der Waals surface area contributed by atoms with Gasteiger partial charge in [0.05, 0.1) is 6.61 Å². The minimum absolute atomic E-state index is 0. The first-order valence-electron chi connectivity index (χ1n) is 7.73. The van der Waals surface area contributed by atoms with Gasteiger partial charge in [-0.05, 0) is 23.3 Å². The maximum absolute atomic E-state index is 5.16. The third-order valence-electron chi connectivity index (χ3n) is 3.39. The van der Waals surface area contributed by atoms with Crippen LogP contribution < -0.4 is 10.6 Å². The van der Waals surface area contributed by atoms with E-state index in [-0.39, 0.29) is 24.0 Å². The molecule has 0 radical (unpaired) electrons. The number of methoxy groups -OCH3 is 1. The van der Waals surface area contributed by atoms with Gasteiger partial charge in [-0.1, -0.05) is 30.3 Å². The zero-order chi connectivity index (χ0) is 16.3. The molecule has 0 saturated heterocycles. The number of pyridine rings is 1. The fourth-order valence-electron chi connectivity index (χ4n) is 2.26. The fraction of sp³-hybridized carbons (Fsp3) is 0.333. The highest BCUT2D eigenvalue weighted by molar-refractivity contribution is 14.0. The van der Waals surface area contributed by atoms with E-state index >= 15 is 0 Å². The molecule has 0 fully saturated rings. The van der Waals surface area contributed by atoms with Crippen LogP contribution in [0.15, 0.2) is 53.7 Å². The molecule has 1 aromatic heterocycles. The van der Waals surface area contributed by atoms with Gasteiger partial charge in [0.1, 0.15) is 0 Å². The van der Waals surface area contributed by atoms with Crippen LogP contribution in [-0.2, 0) is 24.3 Å². The summed E-state index contributed by atoms with van der Waals surface area (Å²) >= 11 is 0. The molecule has 0 aliphatic rings. The number of nitrogens with zero attached hydrogens (tertiary/aromatic N) is 2. The predicted octanol–water partition coefficient (Wildman–Crippen LogP) is 2.75. The Morgan fingerprint density at radius 1 is 1.12 bits per heavy atom. The molecule has 0 amide bonds. The van der Waals surface area contributed by atoms with Gasteiger partial charge in [0.25, 0.3) is 0 Å². The molecule has 24 heavy (non-hydrogen) atoms. The summed E-state index contributed by atoms with van der Waals surface area (Å²) in [5, 5.41) is 6.62. The lowest BCUT2D eigenvalue weighted by Crippen LogP contribution is -2.37. The standard InChI is InChI=1S/C18H24N4O.HI/c1-19-18(21-11-9-17-8-3-4-10-20-17)22-13-15-6-5-7-16(12-15)14-23-2;/h3-8,10,12H,9,11,13-14H2,1-2H3,(H2,19,21,22);1H. The Bertz CT molecular complexity index is 619. The van der Waals surface area contributed by atoms with E-state index in [4.69, 9.17) is 4.74 Å². The lowest BCUT2D eigenvalue weighted by molar-refractivity contribution is 0.185. The smallest absolute Gasteiger partial charge is 0.191 e. The van der Waals surface area contributed by atoms with Crippen molar-refractivity contribution in [1.82, 2.24) is 15.6 Å². The summed E-state index contributed by atoms with van der Waals surface area (Å²) in [4.78, 5) is 8.55. The van der Waals surface area contributed by atoms with Crippen LogP contribution in [0.5, 0.6) is 0 Å². The van der Waals surface area contributed by atoms with E-state index < -0.39 is 0 Å². The maximum Gasteiger partial charge on any atom is 0.191 e. The number of aromatic nitrogens is 1. The van der Waals surface area contributed by atoms with Crippen LogP contribution in [-0.4, -0.2) is 31.6 Å². The van der Waals surface area contributed by atoms with Crippen molar-refractivity contribution in [1.29, 1.82) is 0 Å². The van der Waals surface area contributed by atoms with E-state index in [0.29, 0.717) is 6.61 Å². The molecule has 5 nitrogen and oxygen atoms in total. The maximum atomic E-state index is 5.16. The van der Waals surface area contributed by atoms with Crippen molar-refractivity contribution in [3.63, 3.8) is 0 Å². The van der Waals surface area contributed by atoms with E-state index in [1.807, 2.05) is 30.5 Å². The second-order valence-electron chi connectivity index (χ2n) is 5.18. The quantitative estimate of drug-likeness (QED) is 0.395. The lowest BCUT2D eigenvalue weighted by atomic mass is 10.1. The number of rotatable bonds is 7. The third-order valence-corrected chi connectivity index (χ3v) is 3.39. The molecule has 2 aromatic rings. The van der Waals surface area contributed by atoms with Crippen LogP contribution in [0.1, 0.15) is 16.8 Å². The van der Waals surface area contributed by atoms with E-state index in [1.165, 1.54) is 11.1 Å². The SMILES string of the molecule is CN=C(NCCc1ccccn1)NCc1cccc(COC)c1.I. The van der Waals surface area contributed by atoms with Gasteiger partial charge in [-0.15, -0.1) is 24.0 Å². The highest BCUT2D eigenvalue weighted by Crippen LogP contribution is 2.06. The Labute approximate surface area is 161 Å².